The van der Waals surface area contributed by atoms with Crippen LogP contribution in [0.4, 0.5) is 0 Å². The van der Waals surface area contributed by atoms with Crippen LogP contribution in [0.25, 0.3) is 0 Å². The molecule has 2 heterocycles. The van der Waals surface area contributed by atoms with Crippen molar-refractivity contribution in [1.82, 2.24) is 14.7 Å². The van der Waals surface area contributed by atoms with Crippen molar-refractivity contribution in [2.75, 3.05) is 45.9 Å². The third-order valence-corrected chi connectivity index (χ3v) is 6.47. The van der Waals surface area contributed by atoms with Gasteiger partial charge in [-0.3, -0.25) is 9.80 Å². The van der Waals surface area contributed by atoms with Gasteiger partial charge in [0.05, 0.1) is 18.4 Å². The molecule has 2 saturated heterocycles. The van der Waals surface area contributed by atoms with E-state index in [9.17, 15) is 0 Å². The van der Waals surface area contributed by atoms with E-state index in [1.165, 1.54) is 78.0 Å². The fraction of sp³-hybridized carbons (Fsp3) is 1.00. The second kappa shape index (κ2) is 8.89. The normalized spacial score (nSPS) is 30.7. The van der Waals surface area contributed by atoms with Crippen LogP contribution in [-0.4, -0.2) is 78.4 Å². The molecule has 3 rings (SSSR count). The number of nitrogens with zero attached hydrogens (tertiary/aromatic N) is 3. The monoisotopic (exact) mass is 365 g/mol. The summed E-state index contributed by atoms with van der Waals surface area (Å²) in [4.78, 5) is 8.09. The molecule has 0 atom stereocenters. The van der Waals surface area contributed by atoms with Crippen molar-refractivity contribution in [3.05, 3.63) is 0 Å². The van der Waals surface area contributed by atoms with Gasteiger partial charge >= 0.3 is 0 Å². The highest BCUT2D eigenvalue weighted by atomic mass is 16.5. The molecular weight excluding hydrogens is 322 g/mol. The van der Waals surface area contributed by atoms with E-state index in [1.54, 1.807) is 0 Å². The van der Waals surface area contributed by atoms with Crippen LogP contribution in [0.1, 0.15) is 66.7 Å². The van der Waals surface area contributed by atoms with Gasteiger partial charge in [0.25, 0.3) is 0 Å². The zero-order chi connectivity index (χ0) is 18.7. The maximum Gasteiger partial charge on any atom is 0.0602 e. The molecule has 0 aromatic heterocycles. The van der Waals surface area contributed by atoms with Crippen LogP contribution in [0.5, 0.6) is 0 Å². The van der Waals surface area contributed by atoms with Crippen molar-refractivity contribution in [3.63, 3.8) is 0 Å². The topological polar surface area (TPSA) is 19.0 Å². The molecule has 1 aliphatic carbocycles. The van der Waals surface area contributed by atoms with Gasteiger partial charge in [0, 0.05) is 32.2 Å². The molecule has 4 nitrogen and oxygen atoms in total. The van der Waals surface area contributed by atoms with Crippen molar-refractivity contribution >= 4 is 0 Å². The second-order valence-corrected chi connectivity index (χ2v) is 10.4. The predicted molar refractivity (Wildman–Crippen MR) is 109 cm³/mol. The van der Waals surface area contributed by atoms with Crippen LogP contribution in [0.3, 0.4) is 0 Å². The number of rotatable bonds is 6. The van der Waals surface area contributed by atoms with Gasteiger partial charge in [0.15, 0.2) is 0 Å². The van der Waals surface area contributed by atoms with E-state index < -0.39 is 0 Å². The highest BCUT2D eigenvalue weighted by Crippen LogP contribution is 2.34. The quantitative estimate of drug-likeness (QED) is 0.715. The minimum absolute atomic E-state index is 0.0166. The lowest BCUT2D eigenvalue weighted by Gasteiger charge is -2.44. The van der Waals surface area contributed by atoms with Gasteiger partial charge in [-0.25, -0.2) is 0 Å². The van der Waals surface area contributed by atoms with Crippen LogP contribution >= 0.6 is 0 Å². The smallest absolute Gasteiger partial charge is 0.0602 e. The number of hydrogen-bond donors (Lipinski definition) is 0. The lowest BCUT2D eigenvalue weighted by molar-refractivity contribution is -0.117. The molecule has 2 aliphatic heterocycles. The molecule has 0 spiro atoms. The molecule has 0 unspecified atom stereocenters. The molecule has 26 heavy (non-hydrogen) atoms. The van der Waals surface area contributed by atoms with Crippen LogP contribution in [0, 0.1) is 11.8 Å². The molecule has 1 saturated carbocycles. The number of ether oxygens (including phenoxy) is 1. The molecule has 0 amide bonds. The summed E-state index contributed by atoms with van der Waals surface area (Å²) in [7, 11) is 0. The lowest BCUT2D eigenvalue weighted by Crippen LogP contribution is -2.51. The zero-order valence-electron chi connectivity index (χ0n) is 18.0. The molecule has 0 N–H and O–H groups in total. The van der Waals surface area contributed by atoms with Gasteiger partial charge in [-0.15, -0.1) is 0 Å². The second-order valence-electron chi connectivity index (χ2n) is 10.4. The molecule has 152 valence electrons. The van der Waals surface area contributed by atoms with Gasteiger partial charge in [0.2, 0.25) is 0 Å². The van der Waals surface area contributed by atoms with Crippen molar-refractivity contribution < 1.29 is 4.74 Å². The van der Waals surface area contributed by atoms with Gasteiger partial charge in [0.1, 0.15) is 0 Å². The highest BCUT2D eigenvalue weighted by Gasteiger charge is 2.34. The SMILES string of the molecule is CC(C)N1CCC(CN2CCCN(C[C@H]3C[C@H](OC(C)(C)C)C3)C2)CC1. The van der Waals surface area contributed by atoms with E-state index in [1.807, 2.05) is 0 Å². The first kappa shape index (κ1) is 20.6. The molecule has 4 heteroatoms. The summed E-state index contributed by atoms with van der Waals surface area (Å²) in [6.07, 6.45) is 7.17. The predicted octanol–water partition coefficient (Wildman–Crippen LogP) is 3.67. The van der Waals surface area contributed by atoms with Crippen LogP contribution in [-0.2, 0) is 4.74 Å². The fourth-order valence-electron chi connectivity index (χ4n) is 5.04. The number of likely N-dealkylation sites (tertiary alicyclic amines) is 1. The Labute approximate surface area is 162 Å². The Hall–Kier alpha value is -0.160. The lowest BCUT2D eigenvalue weighted by atomic mass is 9.81. The van der Waals surface area contributed by atoms with E-state index >= 15 is 0 Å². The van der Waals surface area contributed by atoms with Gasteiger partial charge in [-0.05, 0) is 91.6 Å². The Morgan fingerprint density at radius 2 is 1.46 bits per heavy atom. The highest BCUT2D eigenvalue weighted by molar-refractivity contribution is 4.86. The minimum Gasteiger partial charge on any atom is -0.373 e. The molecule has 0 aromatic rings. The maximum atomic E-state index is 6.11. The Morgan fingerprint density at radius 3 is 2.00 bits per heavy atom. The minimum atomic E-state index is 0.0166. The molecule has 0 radical (unpaired) electrons. The average molecular weight is 366 g/mol. The van der Waals surface area contributed by atoms with E-state index in [0.29, 0.717) is 6.10 Å². The largest absolute Gasteiger partial charge is 0.373 e. The van der Waals surface area contributed by atoms with Crippen LogP contribution < -0.4 is 0 Å². The van der Waals surface area contributed by atoms with Crippen molar-refractivity contribution in [2.24, 2.45) is 11.8 Å². The average Bonchev–Trinajstić information content (AvgIpc) is 2.52. The summed E-state index contributed by atoms with van der Waals surface area (Å²) in [6.45, 7) is 20.2. The van der Waals surface area contributed by atoms with E-state index in [2.05, 4.69) is 49.3 Å². The van der Waals surface area contributed by atoms with Crippen LogP contribution in [0.2, 0.25) is 0 Å². The van der Waals surface area contributed by atoms with Gasteiger partial charge in [-0.1, -0.05) is 0 Å². The first-order valence-corrected chi connectivity index (χ1v) is 11.1. The maximum absolute atomic E-state index is 6.11. The Morgan fingerprint density at radius 1 is 0.885 bits per heavy atom. The molecule has 3 fully saturated rings. The van der Waals surface area contributed by atoms with Crippen molar-refractivity contribution in [1.29, 1.82) is 0 Å². The summed E-state index contributed by atoms with van der Waals surface area (Å²) < 4.78 is 6.11. The van der Waals surface area contributed by atoms with Crippen molar-refractivity contribution in [3.8, 4) is 0 Å². The number of piperidine rings is 1. The van der Waals surface area contributed by atoms with Crippen molar-refractivity contribution in [2.45, 2.75) is 84.5 Å². The fourth-order valence-corrected chi connectivity index (χ4v) is 5.04. The summed E-state index contributed by atoms with van der Waals surface area (Å²) in [5.41, 5.74) is 0.0166. The third kappa shape index (κ3) is 6.19. The third-order valence-electron chi connectivity index (χ3n) is 6.47. The first-order chi connectivity index (χ1) is 12.3. The molecular formula is C22H43N3O. The standard InChI is InChI=1S/C22H43N3O/c1-18(2)25-11-7-19(8-12-25)15-23-9-6-10-24(17-23)16-20-13-21(14-20)26-22(3,4)5/h18-21H,6-17H2,1-5H3/t20-,21-. The van der Waals surface area contributed by atoms with Gasteiger partial charge < -0.3 is 9.64 Å². The molecule has 0 aromatic carbocycles. The zero-order valence-corrected chi connectivity index (χ0v) is 18.0. The number of hydrogen-bond acceptors (Lipinski definition) is 4. The molecule has 0 bridgehead atoms. The van der Waals surface area contributed by atoms with E-state index in [-0.39, 0.29) is 5.60 Å². The Kier molecular flexibility index (Phi) is 7.04. The van der Waals surface area contributed by atoms with E-state index in [0.717, 1.165) is 17.9 Å². The first-order valence-electron chi connectivity index (χ1n) is 11.1. The van der Waals surface area contributed by atoms with Gasteiger partial charge in [-0.2, -0.15) is 0 Å². The Balaban J connectivity index is 1.34. The summed E-state index contributed by atoms with van der Waals surface area (Å²) in [6, 6.07) is 0.718. The summed E-state index contributed by atoms with van der Waals surface area (Å²) in [5, 5.41) is 0. The Bertz CT molecular complexity index is 420. The summed E-state index contributed by atoms with van der Waals surface area (Å²) in [5.74, 6) is 1.77. The van der Waals surface area contributed by atoms with E-state index in [4.69, 9.17) is 4.74 Å². The molecule has 3 aliphatic rings. The summed E-state index contributed by atoms with van der Waals surface area (Å²) >= 11 is 0. The van der Waals surface area contributed by atoms with Crippen LogP contribution in [0.15, 0.2) is 0 Å².